The standard InChI is InChI=1S/C18H29NO2/c1-2-3-4-5-6-7-8-9-13-16-19-18(20)21-17-14-11-10-12-15-17/h10-12,14-15H,2-9,13,16H2,1H3,(H,19,20). The molecule has 0 aromatic heterocycles. The molecule has 1 aromatic carbocycles. The predicted molar refractivity (Wildman–Crippen MR) is 87.7 cm³/mol. The molecular formula is C18H29NO2. The van der Waals surface area contributed by atoms with Gasteiger partial charge in [0.2, 0.25) is 0 Å². The Bertz CT molecular complexity index is 365. The van der Waals surface area contributed by atoms with Crippen LogP contribution in [0.15, 0.2) is 30.3 Å². The first-order valence-corrected chi connectivity index (χ1v) is 8.33. The summed E-state index contributed by atoms with van der Waals surface area (Å²) in [6.07, 6.45) is 11.2. The monoisotopic (exact) mass is 291 g/mol. The highest BCUT2D eigenvalue weighted by Gasteiger charge is 2.02. The van der Waals surface area contributed by atoms with Crippen molar-refractivity contribution in [1.82, 2.24) is 5.32 Å². The van der Waals surface area contributed by atoms with Crippen molar-refractivity contribution in [1.29, 1.82) is 0 Å². The van der Waals surface area contributed by atoms with E-state index in [2.05, 4.69) is 12.2 Å². The first-order chi connectivity index (χ1) is 10.3. The van der Waals surface area contributed by atoms with Gasteiger partial charge < -0.3 is 10.1 Å². The topological polar surface area (TPSA) is 38.3 Å². The number of unbranched alkanes of at least 4 members (excludes halogenated alkanes) is 8. The fraction of sp³-hybridized carbons (Fsp3) is 0.611. The highest BCUT2D eigenvalue weighted by Crippen LogP contribution is 2.10. The van der Waals surface area contributed by atoms with Crippen molar-refractivity contribution >= 4 is 6.09 Å². The molecule has 0 aliphatic carbocycles. The second-order valence-electron chi connectivity index (χ2n) is 5.46. The van der Waals surface area contributed by atoms with Gasteiger partial charge in [-0.25, -0.2) is 4.79 Å². The number of para-hydroxylation sites is 1. The lowest BCUT2D eigenvalue weighted by atomic mass is 10.1. The zero-order valence-electron chi connectivity index (χ0n) is 13.3. The van der Waals surface area contributed by atoms with E-state index in [0.29, 0.717) is 12.3 Å². The summed E-state index contributed by atoms with van der Waals surface area (Å²) in [5, 5.41) is 2.79. The number of carbonyl (C=O) groups is 1. The average Bonchev–Trinajstić information content (AvgIpc) is 2.50. The Morgan fingerprint density at radius 1 is 0.905 bits per heavy atom. The number of ether oxygens (including phenoxy) is 1. The van der Waals surface area contributed by atoms with Crippen LogP contribution in [0.5, 0.6) is 5.75 Å². The van der Waals surface area contributed by atoms with Crippen LogP contribution in [0.25, 0.3) is 0 Å². The van der Waals surface area contributed by atoms with E-state index in [1.54, 1.807) is 12.1 Å². The predicted octanol–water partition coefficient (Wildman–Crippen LogP) is 5.31. The lowest BCUT2D eigenvalue weighted by molar-refractivity contribution is 0.200. The molecule has 0 heterocycles. The van der Waals surface area contributed by atoms with E-state index in [1.165, 1.54) is 51.4 Å². The van der Waals surface area contributed by atoms with Crippen molar-refractivity contribution in [3.63, 3.8) is 0 Å². The van der Waals surface area contributed by atoms with E-state index in [4.69, 9.17) is 4.74 Å². The van der Waals surface area contributed by atoms with Crippen molar-refractivity contribution in [3.8, 4) is 5.75 Å². The summed E-state index contributed by atoms with van der Waals surface area (Å²) in [6.45, 7) is 2.94. The van der Waals surface area contributed by atoms with Gasteiger partial charge in [-0.05, 0) is 18.6 Å². The van der Waals surface area contributed by atoms with Gasteiger partial charge in [0, 0.05) is 6.54 Å². The second-order valence-corrected chi connectivity index (χ2v) is 5.46. The smallest absolute Gasteiger partial charge is 0.410 e. The molecule has 1 aromatic rings. The molecule has 0 bridgehead atoms. The third kappa shape index (κ3) is 9.94. The lowest BCUT2D eigenvalue weighted by Gasteiger charge is -2.06. The van der Waals surface area contributed by atoms with Crippen LogP contribution in [0.4, 0.5) is 4.79 Å². The number of hydrogen-bond donors (Lipinski definition) is 1. The molecule has 3 heteroatoms. The van der Waals surface area contributed by atoms with Crippen LogP contribution in [0.3, 0.4) is 0 Å². The third-order valence-electron chi connectivity index (χ3n) is 3.50. The Hall–Kier alpha value is -1.51. The molecule has 1 rings (SSSR count). The maximum absolute atomic E-state index is 11.5. The Morgan fingerprint density at radius 3 is 2.10 bits per heavy atom. The molecule has 0 saturated heterocycles. The van der Waals surface area contributed by atoms with E-state index in [1.807, 2.05) is 18.2 Å². The summed E-state index contributed by atoms with van der Waals surface area (Å²) in [5.74, 6) is 0.585. The van der Waals surface area contributed by atoms with Crippen LogP contribution in [0.1, 0.15) is 64.7 Å². The molecule has 0 fully saturated rings. The van der Waals surface area contributed by atoms with Crippen molar-refractivity contribution < 1.29 is 9.53 Å². The van der Waals surface area contributed by atoms with Gasteiger partial charge in [0.05, 0.1) is 0 Å². The van der Waals surface area contributed by atoms with Gasteiger partial charge in [0.15, 0.2) is 0 Å². The first-order valence-electron chi connectivity index (χ1n) is 8.33. The number of carbonyl (C=O) groups excluding carboxylic acids is 1. The Kier molecular flexibility index (Phi) is 10.2. The van der Waals surface area contributed by atoms with Crippen molar-refractivity contribution in [3.05, 3.63) is 30.3 Å². The minimum absolute atomic E-state index is 0.360. The van der Waals surface area contributed by atoms with Crippen LogP contribution in [-0.4, -0.2) is 12.6 Å². The molecule has 0 unspecified atom stereocenters. The minimum Gasteiger partial charge on any atom is -0.410 e. The summed E-state index contributed by atoms with van der Waals surface area (Å²) >= 11 is 0. The number of hydrogen-bond acceptors (Lipinski definition) is 2. The van der Waals surface area contributed by atoms with E-state index in [-0.39, 0.29) is 6.09 Å². The number of rotatable bonds is 11. The lowest BCUT2D eigenvalue weighted by Crippen LogP contribution is -2.27. The number of benzene rings is 1. The molecule has 0 aliphatic heterocycles. The normalized spacial score (nSPS) is 10.3. The summed E-state index contributed by atoms with van der Waals surface area (Å²) in [6, 6.07) is 9.15. The van der Waals surface area contributed by atoms with Gasteiger partial charge in [0.25, 0.3) is 0 Å². The van der Waals surface area contributed by atoms with Crippen LogP contribution < -0.4 is 10.1 Å². The number of nitrogens with one attached hydrogen (secondary N) is 1. The molecule has 1 N–H and O–H groups in total. The van der Waals surface area contributed by atoms with Gasteiger partial charge >= 0.3 is 6.09 Å². The Morgan fingerprint density at radius 2 is 1.48 bits per heavy atom. The quantitative estimate of drug-likeness (QED) is 0.561. The minimum atomic E-state index is -0.360. The first kappa shape index (κ1) is 17.5. The molecule has 0 atom stereocenters. The van der Waals surface area contributed by atoms with E-state index in [9.17, 15) is 4.79 Å². The van der Waals surface area contributed by atoms with E-state index < -0.39 is 0 Å². The Labute approximate surface area is 129 Å². The van der Waals surface area contributed by atoms with Crippen LogP contribution >= 0.6 is 0 Å². The SMILES string of the molecule is CCCCCCCCCCCNC(=O)Oc1ccccc1. The molecule has 118 valence electrons. The highest BCUT2D eigenvalue weighted by molar-refractivity contribution is 5.70. The average molecular weight is 291 g/mol. The van der Waals surface area contributed by atoms with Crippen LogP contribution in [-0.2, 0) is 0 Å². The maximum atomic E-state index is 11.5. The second kappa shape index (κ2) is 12.2. The van der Waals surface area contributed by atoms with Gasteiger partial charge in [0.1, 0.15) is 5.75 Å². The third-order valence-corrected chi connectivity index (χ3v) is 3.50. The van der Waals surface area contributed by atoms with Crippen molar-refractivity contribution in [2.24, 2.45) is 0 Å². The summed E-state index contributed by atoms with van der Waals surface area (Å²) in [5.41, 5.74) is 0. The molecule has 0 saturated carbocycles. The van der Waals surface area contributed by atoms with Crippen LogP contribution in [0.2, 0.25) is 0 Å². The zero-order chi connectivity index (χ0) is 15.2. The summed E-state index contributed by atoms with van der Waals surface area (Å²) in [4.78, 5) is 11.5. The zero-order valence-corrected chi connectivity index (χ0v) is 13.3. The fourth-order valence-corrected chi connectivity index (χ4v) is 2.26. The van der Waals surface area contributed by atoms with E-state index in [0.717, 1.165) is 6.42 Å². The molecular weight excluding hydrogens is 262 g/mol. The molecule has 21 heavy (non-hydrogen) atoms. The molecule has 1 amide bonds. The molecule has 0 aliphatic rings. The summed E-state index contributed by atoms with van der Waals surface area (Å²) < 4.78 is 5.15. The van der Waals surface area contributed by atoms with Gasteiger partial charge in [-0.1, -0.05) is 76.5 Å². The van der Waals surface area contributed by atoms with Crippen molar-refractivity contribution in [2.45, 2.75) is 64.7 Å². The largest absolute Gasteiger partial charge is 0.412 e. The van der Waals surface area contributed by atoms with Crippen LogP contribution in [0, 0.1) is 0 Å². The van der Waals surface area contributed by atoms with E-state index >= 15 is 0 Å². The molecule has 3 nitrogen and oxygen atoms in total. The molecule has 0 radical (unpaired) electrons. The number of amides is 1. The maximum Gasteiger partial charge on any atom is 0.412 e. The van der Waals surface area contributed by atoms with Gasteiger partial charge in [-0.15, -0.1) is 0 Å². The Balaban J connectivity index is 1.89. The van der Waals surface area contributed by atoms with Crippen molar-refractivity contribution in [2.75, 3.05) is 6.54 Å². The summed E-state index contributed by atoms with van der Waals surface area (Å²) in [7, 11) is 0. The van der Waals surface area contributed by atoms with Gasteiger partial charge in [-0.3, -0.25) is 0 Å². The van der Waals surface area contributed by atoms with Gasteiger partial charge in [-0.2, -0.15) is 0 Å². The fourth-order valence-electron chi connectivity index (χ4n) is 2.26. The molecule has 0 spiro atoms. The highest BCUT2D eigenvalue weighted by atomic mass is 16.5.